The number of aromatic nitrogens is 1. The van der Waals surface area contributed by atoms with Gasteiger partial charge in [0.15, 0.2) is 18.2 Å². The molecule has 0 radical (unpaired) electrons. The lowest BCUT2D eigenvalue weighted by Crippen LogP contribution is -2.28. The van der Waals surface area contributed by atoms with Gasteiger partial charge in [0.25, 0.3) is 5.91 Å². The van der Waals surface area contributed by atoms with Gasteiger partial charge in [0.2, 0.25) is 0 Å². The Hall–Kier alpha value is -1.95. The van der Waals surface area contributed by atoms with Crippen molar-refractivity contribution in [2.75, 3.05) is 6.61 Å². The minimum Gasteiger partial charge on any atom is -0.481 e. The molecule has 1 N–H and O–H groups in total. The third kappa shape index (κ3) is 4.03. The molecule has 0 atom stereocenters. The van der Waals surface area contributed by atoms with Crippen LogP contribution in [0, 0.1) is 12.7 Å². The van der Waals surface area contributed by atoms with Gasteiger partial charge in [-0.15, -0.1) is 11.3 Å². The Kier molecular flexibility index (Phi) is 4.46. The van der Waals surface area contributed by atoms with Crippen LogP contribution in [0.4, 0.5) is 4.39 Å². The molecule has 1 amide bonds. The van der Waals surface area contributed by atoms with Crippen molar-refractivity contribution in [2.45, 2.75) is 13.5 Å². The van der Waals surface area contributed by atoms with Gasteiger partial charge in [-0.05, 0) is 19.1 Å². The molecule has 1 aromatic heterocycles. The summed E-state index contributed by atoms with van der Waals surface area (Å²) in [6.07, 6.45) is 0. The highest BCUT2D eigenvalue weighted by Gasteiger charge is 2.06. The number of thiazole rings is 1. The predicted molar refractivity (Wildman–Crippen MR) is 70.6 cm³/mol. The van der Waals surface area contributed by atoms with E-state index in [4.69, 9.17) is 4.74 Å². The first-order chi connectivity index (χ1) is 9.15. The first kappa shape index (κ1) is 13.5. The Labute approximate surface area is 114 Å². The lowest BCUT2D eigenvalue weighted by atomic mass is 10.3. The van der Waals surface area contributed by atoms with E-state index in [1.165, 1.54) is 23.5 Å². The van der Waals surface area contributed by atoms with Crippen LogP contribution in [0.2, 0.25) is 0 Å². The zero-order chi connectivity index (χ0) is 13.7. The quantitative estimate of drug-likeness (QED) is 0.914. The number of hydrogen-bond donors (Lipinski definition) is 1. The summed E-state index contributed by atoms with van der Waals surface area (Å²) in [6, 6.07) is 5.97. The van der Waals surface area contributed by atoms with Crippen LogP contribution < -0.4 is 10.1 Å². The standard InChI is InChI=1S/C13H13FN2O2S/c1-9-16-10(8-19-9)6-15-13(17)7-18-12-5-3-2-4-11(12)14/h2-5,8H,6-7H2,1H3,(H,15,17). The van der Waals surface area contributed by atoms with E-state index in [1.807, 2.05) is 12.3 Å². The molecule has 0 fully saturated rings. The van der Waals surface area contributed by atoms with Gasteiger partial charge in [0, 0.05) is 5.38 Å². The molecule has 0 unspecified atom stereocenters. The number of nitrogens with one attached hydrogen (secondary N) is 1. The van der Waals surface area contributed by atoms with Crippen LogP contribution in [-0.2, 0) is 11.3 Å². The third-order valence-electron chi connectivity index (χ3n) is 2.33. The van der Waals surface area contributed by atoms with Crippen molar-refractivity contribution < 1.29 is 13.9 Å². The molecule has 1 heterocycles. The molecule has 6 heteroatoms. The fourth-order valence-corrected chi connectivity index (χ4v) is 2.05. The number of halogens is 1. The van der Waals surface area contributed by atoms with Crippen molar-refractivity contribution in [2.24, 2.45) is 0 Å². The van der Waals surface area contributed by atoms with E-state index in [-0.39, 0.29) is 18.3 Å². The first-order valence-electron chi connectivity index (χ1n) is 5.70. The second kappa shape index (κ2) is 6.29. The monoisotopic (exact) mass is 280 g/mol. The van der Waals surface area contributed by atoms with E-state index in [9.17, 15) is 9.18 Å². The van der Waals surface area contributed by atoms with Crippen molar-refractivity contribution >= 4 is 17.2 Å². The van der Waals surface area contributed by atoms with Gasteiger partial charge in [0.1, 0.15) is 0 Å². The number of nitrogens with zero attached hydrogens (tertiary/aromatic N) is 1. The maximum atomic E-state index is 13.2. The van der Waals surface area contributed by atoms with E-state index < -0.39 is 5.82 Å². The molecule has 0 aliphatic carbocycles. The van der Waals surface area contributed by atoms with Crippen molar-refractivity contribution in [3.63, 3.8) is 0 Å². The van der Waals surface area contributed by atoms with E-state index >= 15 is 0 Å². The second-order valence-corrected chi connectivity index (χ2v) is 4.92. The molecule has 0 spiro atoms. The first-order valence-corrected chi connectivity index (χ1v) is 6.58. The number of amides is 1. The predicted octanol–water partition coefficient (Wildman–Crippen LogP) is 2.29. The number of hydrogen-bond acceptors (Lipinski definition) is 4. The van der Waals surface area contributed by atoms with Gasteiger partial charge in [-0.2, -0.15) is 0 Å². The number of para-hydroxylation sites is 1. The average Bonchev–Trinajstić information content (AvgIpc) is 2.81. The second-order valence-electron chi connectivity index (χ2n) is 3.85. The fraction of sp³-hybridized carbons (Fsp3) is 0.231. The summed E-state index contributed by atoms with van der Waals surface area (Å²) in [5, 5.41) is 5.49. The Morgan fingerprint density at radius 3 is 2.95 bits per heavy atom. The molecular weight excluding hydrogens is 267 g/mol. The zero-order valence-corrected chi connectivity index (χ0v) is 11.2. The largest absolute Gasteiger partial charge is 0.481 e. The Morgan fingerprint density at radius 2 is 2.26 bits per heavy atom. The maximum absolute atomic E-state index is 13.2. The number of carbonyl (C=O) groups is 1. The van der Waals surface area contributed by atoms with Gasteiger partial charge < -0.3 is 10.1 Å². The van der Waals surface area contributed by atoms with Gasteiger partial charge >= 0.3 is 0 Å². The van der Waals surface area contributed by atoms with Crippen LogP contribution in [0.3, 0.4) is 0 Å². The van der Waals surface area contributed by atoms with Gasteiger partial charge in [-0.3, -0.25) is 4.79 Å². The van der Waals surface area contributed by atoms with Crippen LogP contribution >= 0.6 is 11.3 Å². The van der Waals surface area contributed by atoms with Gasteiger partial charge in [-0.1, -0.05) is 12.1 Å². The van der Waals surface area contributed by atoms with Crippen molar-refractivity contribution in [3.8, 4) is 5.75 Å². The summed E-state index contributed by atoms with van der Waals surface area (Å²) in [7, 11) is 0. The summed E-state index contributed by atoms with van der Waals surface area (Å²) >= 11 is 1.53. The summed E-state index contributed by atoms with van der Waals surface area (Å²) in [6.45, 7) is 2.03. The number of rotatable bonds is 5. The highest BCUT2D eigenvalue weighted by molar-refractivity contribution is 7.09. The molecular formula is C13H13FN2O2S. The van der Waals surface area contributed by atoms with Crippen molar-refractivity contribution in [1.29, 1.82) is 0 Å². The van der Waals surface area contributed by atoms with Crippen LogP contribution in [0.1, 0.15) is 10.7 Å². The molecule has 0 aliphatic rings. The molecule has 2 aromatic rings. The molecule has 4 nitrogen and oxygen atoms in total. The van der Waals surface area contributed by atoms with Gasteiger partial charge in [-0.25, -0.2) is 9.37 Å². The lowest BCUT2D eigenvalue weighted by molar-refractivity contribution is -0.123. The molecule has 1 aromatic carbocycles. The highest BCUT2D eigenvalue weighted by Crippen LogP contribution is 2.14. The topological polar surface area (TPSA) is 51.2 Å². The van der Waals surface area contributed by atoms with Gasteiger partial charge in [0.05, 0.1) is 17.2 Å². The van der Waals surface area contributed by atoms with Crippen LogP contribution in [0.25, 0.3) is 0 Å². The SMILES string of the molecule is Cc1nc(CNC(=O)COc2ccccc2F)cs1. The normalized spacial score (nSPS) is 10.2. The molecule has 0 saturated heterocycles. The smallest absolute Gasteiger partial charge is 0.258 e. The Morgan fingerprint density at radius 1 is 1.47 bits per heavy atom. The van der Waals surface area contributed by atoms with E-state index in [2.05, 4.69) is 10.3 Å². The summed E-state index contributed by atoms with van der Waals surface area (Å²) in [5.74, 6) is -0.721. The van der Waals surface area contributed by atoms with Crippen molar-refractivity contribution in [3.05, 3.63) is 46.2 Å². The summed E-state index contributed by atoms with van der Waals surface area (Å²) in [4.78, 5) is 15.7. The number of benzene rings is 1. The zero-order valence-electron chi connectivity index (χ0n) is 10.4. The summed E-state index contributed by atoms with van der Waals surface area (Å²) in [5.41, 5.74) is 0.807. The van der Waals surface area contributed by atoms with E-state index in [0.29, 0.717) is 6.54 Å². The van der Waals surface area contributed by atoms with Crippen molar-refractivity contribution in [1.82, 2.24) is 10.3 Å². The van der Waals surface area contributed by atoms with E-state index in [1.54, 1.807) is 12.1 Å². The molecule has 2 rings (SSSR count). The minimum absolute atomic E-state index is 0.0714. The Balaban J connectivity index is 1.77. The molecule has 19 heavy (non-hydrogen) atoms. The lowest BCUT2D eigenvalue weighted by Gasteiger charge is -2.07. The van der Waals surface area contributed by atoms with E-state index in [0.717, 1.165) is 10.7 Å². The molecule has 0 bridgehead atoms. The number of ether oxygens (including phenoxy) is 1. The third-order valence-corrected chi connectivity index (χ3v) is 3.15. The number of carbonyl (C=O) groups excluding carboxylic acids is 1. The summed E-state index contributed by atoms with van der Waals surface area (Å²) < 4.78 is 18.3. The highest BCUT2D eigenvalue weighted by atomic mass is 32.1. The van der Waals surface area contributed by atoms with Crippen LogP contribution in [0.15, 0.2) is 29.6 Å². The molecule has 0 saturated carbocycles. The fourth-order valence-electron chi connectivity index (χ4n) is 1.43. The Bertz CT molecular complexity index is 571. The van der Waals surface area contributed by atoms with Crippen LogP contribution in [-0.4, -0.2) is 17.5 Å². The molecule has 0 aliphatic heterocycles. The van der Waals surface area contributed by atoms with Crippen LogP contribution in [0.5, 0.6) is 5.75 Å². The number of aryl methyl sites for hydroxylation is 1. The maximum Gasteiger partial charge on any atom is 0.258 e. The average molecular weight is 280 g/mol. The minimum atomic E-state index is -0.481. The molecule has 100 valence electrons.